The first-order chi connectivity index (χ1) is 10.4. The van der Waals surface area contributed by atoms with Crippen LogP contribution in [0.25, 0.3) is 0 Å². The van der Waals surface area contributed by atoms with Crippen molar-refractivity contribution in [3.63, 3.8) is 0 Å². The number of benzene rings is 1. The zero-order chi connectivity index (χ0) is 16.2. The van der Waals surface area contributed by atoms with Crippen LogP contribution in [0.1, 0.15) is 32.3 Å². The van der Waals surface area contributed by atoms with Gasteiger partial charge in [-0.1, -0.05) is 25.5 Å². The van der Waals surface area contributed by atoms with E-state index in [1.807, 2.05) is 24.8 Å². The highest BCUT2D eigenvalue weighted by molar-refractivity contribution is 5.85. The molecule has 0 saturated carbocycles. The van der Waals surface area contributed by atoms with Gasteiger partial charge in [0, 0.05) is 32.7 Å². The van der Waals surface area contributed by atoms with E-state index < -0.39 is 5.54 Å². The largest absolute Gasteiger partial charge is 0.339 e. The number of halogens is 1. The fourth-order valence-electron chi connectivity index (χ4n) is 2.99. The molecular formula is C17H26FN3O. The van der Waals surface area contributed by atoms with Crippen molar-refractivity contribution in [2.24, 2.45) is 5.73 Å². The van der Waals surface area contributed by atoms with Gasteiger partial charge in [-0.15, -0.1) is 0 Å². The van der Waals surface area contributed by atoms with Crippen LogP contribution in [0.2, 0.25) is 0 Å². The second kappa shape index (κ2) is 7.20. The van der Waals surface area contributed by atoms with Crippen LogP contribution in [0, 0.1) is 5.82 Å². The second-order valence-corrected chi connectivity index (χ2v) is 6.37. The molecule has 1 atom stereocenters. The molecule has 0 radical (unpaired) electrons. The summed E-state index contributed by atoms with van der Waals surface area (Å²) in [4.78, 5) is 16.6. The van der Waals surface area contributed by atoms with Crippen LogP contribution in [0.3, 0.4) is 0 Å². The molecule has 1 heterocycles. The lowest BCUT2D eigenvalue weighted by molar-refractivity contribution is -0.138. The van der Waals surface area contributed by atoms with Crippen LogP contribution in [-0.2, 0) is 11.3 Å². The maximum Gasteiger partial charge on any atom is 0.242 e. The molecule has 1 aromatic rings. The van der Waals surface area contributed by atoms with Crippen molar-refractivity contribution in [3.05, 3.63) is 35.6 Å². The Bertz CT molecular complexity index is 510. The van der Waals surface area contributed by atoms with E-state index >= 15 is 0 Å². The zero-order valence-electron chi connectivity index (χ0n) is 13.5. The van der Waals surface area contributed by atoms with Gasteiger partial charge >= 0.3 is 0 Å². The predicted octanol–water partition coefficient (Wildman–Crippen LogP) is 1.99. The molecule has 0 aliphatic carbocycles. The Morgan fingerprint density at radius 2 is 2.00 bits per heavy atom. The van der Waals surface area contributed by atoms with Gasteiger partial charge in [0.15, 0.2) is 0 Å². The molecule has 0 bridgehead atoms. The first-order valence-electron chi connectivity index (χ1n) is 7.97. The van der Waals surface area contributed by atoms with E-state index in [0.29, 0.717) is 26.1 Å². The van der Waals surface area contributed by atoms with E-state index in [1.165, 1.54) is 6.07 Å². The van der Waals surface area contributed by atoms with Crippen LogP contribution >= 0.6 is 0 Å². The lowest BCUT2D eigenvalue weighted by atomic mass is 9.95. The summed E-state index contributed by atoms with van der Waals surface area (Å²) in [5, 5.41) is 0. The molecule has 1 saturated heterocycles. The Labute approximate surface area is 132 Å². The number of carbonyl (C=O) groups excluding carboxylic acids is 1. The lowest BCUT2D eigenvalue weighted by Gasteiger charge is -2.38. The van der Waals surface area contributed by atoms with Crippen molar-refractivity contribution in [2.75, 3.05) is 26.2 Å². The molecule has 122 valence electrons. The van der Waals surface area contributed by atoms with Gasteiger partial charge in [-0.25, -0.2) is 4.39 Å². The Balaban J connectivity index is 1.86. The third kappa shape index (κ3) is 4.27. The average Bonchev–Trinajstić information content (AvgIpc) is 2.47. The van der Waals surface area contributed by atoms with Gasteiger partial charge in [0.05, 0.1) is 5.54 Å². The SMILES string of the molecule is CCCC(C)(N)C(=O)N1CCN(Cc2cccc(F)c2)CC1. The standard InChI is InChI=1S/C17H26FN3O/c1-3-7-17(2,19)16(22)21-10-8-20(9-11-21)13-14-5-4-6-15(18)12-14/h4-6,12H,3,7-11,13,19H2,1-2H3. The number of piperazine rings is 1. The maximum atomic E-state index is 13.2. The summed E-state index contributed by atoms with van der Waals surface area (Å²) in [7, 11) is 0. The minimum Gasteiger partial charge on any atom is -0.339 e. The molecule has 1 aliphatic rings. The monoisotopic (exact) mass is 307 g/mol. The van der Waals surface area contributed by atoms with E-state index in [1.54, 1.807) is 12.1 Å². The van der Waals surface area contributed by atoms with Gasteiger partial charge < -0.3 is 10.6 Å². The summed E-state index contributed by atoms with van der Waals surface area (Å²) in [5.41, 5.74) is 6.33. The molecule has 2 rings (SSSR count). The molecular weight excluding hydrogens is 281 g/mol. The van der Waals surface area contributed by atoms with E-state index in [2.05, 4.69) is 4.90 Å². The summed E-state index contributed by atoms with van der Waals surface area (Å²) in [6.07, 6.45) is 1.60. The van der Waals surface area contributed by atoms with Crippen LogP contribution in [-0.4, -0.2) is 47.4 Å². The molecule has 1 fully saturated rings. The van der Waals surface area contributed by atoms with Crippen molar-refractivity contribution in [2.45, 2.75) is 38.8 Å². The number of hydrogen-bond acceptors (Lipinski definition) is 3. The summed E-state index contributed by atoms with van der Waals surface area (Å²) in [6.45, 7) is 7.53. The molecule has 1 aliphatic heterocycles. The molecule has 1 unspecified atom stereocenters. The van der Waals surface area contributed by atoms with Crippen molar-refractivity contribution < 1.29 is 9.18 Å². The molecule has 2 N–H and O–H groups in total. The van der Waals surface area contributed by atoms with E-state index in [-0.39, 0.29) is 11.7 Å². The minimum absolute atomic E-state index is 0.0414. The Morgan fingerprint density at radius 3 is 2.59 bits per heavy atom. The Kier molecular flexibility index (Phi) is 5.53. The highest BCUT2D eigenvalue weighted by atomic mass is 19.1. The smallest absolute Gasteiger partial charge is 0.242 e. The summed E-state index contributed by atoms with van der Waals surface area (Å²) < 4.78 is 13.2. The number of rotatable bonds is 5. The fraction of sp³-hybridized carbons (Fsp3) is 0.588. The molecule has 0 spiro atoms. The highest BCUT2D eigenvalue weighted by Gasteiger charge is 2.33. The van der Waals surface area contributed by atoms with Crippen molar-refractivity contribution in [1.29, 1.82) is 0 Å². The first-order valence-corrected chi connectivity index (χ1v) is 7.97. The molecule has 1 aromatic carbocycles. The molecule has 0 aromatic heterocycles. The topological polar surface area (TPSA) is 49.6 Å². The normalized spacial score (nSPS) is 19.0. The van der Waals surface area contributed by atoms with Crippen molar-refractivity contribution in [1.82, 2.24) is 9.80 Å². The number of carbonyl (C=O) groups is 1. The Morgan fingerprint density at radius 1 is 1.32 bits per heavy atom. The summed E-state index contributed by atoms with van der Waals surface area (Å²) in [6, 6.07) is 6.68. The van der Waals surface area contributed by atoms with E-state index in [0.717, 1.165) is 25.1 Å². The summed E-state index contributed by atoms with van der Waals surface area (Å²) in [5.74, 6) is -0.162. The van der Waals surface area contributed by atoms with Crippen molar-refractivity contribution in [3.8, 4) is 0 Å². The van der Waals surface area contributed by atoms with Gasteiger partial charge in [0.25, 0.3) is 0 Å². The van der Waals surface area contributed by atoms with Gasteiger partial charge in [0.2, 0.25) is 5.91 Å². The lowest BCUT2D eigenvalue weighted by Crippen LogP contribution is -2.58. The van der Waals surface area contributed by atoms with E-state index in [9.17, 15) is 9.18 Å². The van der Waals surface area contributed by atoms with Crippen LogP contribution in [0.5, 0.6) is 0 Å². The third-order valence-corrected chi connectivity index (χ3v) is 4.21. The van der Waals surface area contributed by atoms with Crippen LogP contribution < -0.4 is 5.73 Å². The number of nitrogens with zero attached hydrogens (tertiary/aromatic N) is 2. The molecule has 4 nitrogen and oxygen atoms in total. The predicted molar refractivity (Wildman–Crippen MR) is 85.8 cm³/mol. The zero-order valence-corrected chi connectivity index (χ0v) is 13.5. The second-order valence-electron chi connectivity index (χ2n) is 6.37. The quantitative estimate of drug-likeness (QED) is 0.905. The third-order valence-electron chi connectivity index (χ3n) is 4.21. The Hall–Kier alpha value is -1.46. The minimum atomic E-state index is -0.764. The summed E-state index contributed by atoms with van der Waals surface area (Å²) >= 11 is 0. The number of nitrogens with two attached hydrogens (primary N) is 1. The number of hydrogen-bond donors (Lipinski definition) is 1. The fourth-order valence-corrected chi connectivity index (χ4v) is 2.99. The van der Waals surface area contributed by atoms with Crippen molar-refractivity contribution >= 4 is 5.91 Å². The average molecular weight is 307 g/mol. The number of amides is 1. The molecule has 22 heavy (non-hydrogen) atoms. The van der Waals surface area contributed by atoms with Gasteiger partial charge in [-0.05, 0) is 31.0 Å². The van der Waals surface area contributed by atoms with E-state index in [4.69, 9.17) is 5.73 Å². The van der Waals surface area contributed by atoms with Crippen LogP contribution in [0.15, 0.2) is 24.3 Å². The van der Waals surface area contributed by atoms with Gasteiger partial charge in [-0.2, -0.15) is 0 Å². The van der Waals surface area contributed by atoms with Crippen LogP contribution in [0.4, 0.5) is 4.39 Å². The first kappa shape index (κ1) is 16.9. The van der Waals surface area contributed by atoms with Gasteiger partial charge in [0.1, 0.15) is 5.82 Å². The molecule has 1 amide bonds. The van der Waals surface area contributed by atoms with Gasteiger partial charge in [-0.3, -0.25) is 9.69 Å². The molecule has 5 heteroatoms. The maximum absolute atomic E-state index is 13.2. The highest BCUT2D eigenvalue weighted by Crippen LogP contribution is 2.16.